The van der Waals surface area contributed by atoms with Gasteiger partial charge in [0.15, 0.2) is 11.5 Å². The Bertz CT molecular complexity index is 1080. The minimum atomic E-state index is -1.07. The zero-order valence-corrected chi connectivity index (χ0v) is 19.2. The zero-order chi connectivity index (χ0) is 23.4. The van der Waals surface area contributed by atoms with E-state index in [9.17, 15) is 9.18 Å². The number of methoxy groups -OCH3 is 1. The van der Waals surface area contributed by atoms with Crippen molar-refractivity contribution in [2.24, 2.45) is 0 Å². The van der Waals surface area contributed by atoms with E-state index >= 15 is 0 Å². The molecule has 1 aliphatic heterocycles. The Labute approximate surface area is 193 Å². The minimum absolute atomic E-state index is 0.0361. The Morgan fingerprint density at radius 1 is 1.15 bits per heavy atom. The molecule has 1 aliphatic rings. The van der Waals surface area contributed by atoms with Crippen molar-refractivity contribution in [3.05, 3.63) is 77.8 Å². The molecule has 0 spiro atoms. The molecule has 0 saturated carbocycles. The van der Waals surface area contributed by atoms with Gasteiger partial charge in [-0.1, -0.05) is 12.1 Å². The third-order valence-electron chi connectivity index (χ3n) is 5.87. The number of likely N-dealkylation sites (tertiary alicyclic amines) is 1. The van der Waals surface area contributed by atoms with E-state index < -0.39 is 5.60 Å². The van der Waals surface area contributed by atoms with Gasteiger partial charge in [0.25, 0.3) is 5.91 Å². The Hall–Kier alpha value is -3.35. The van der Waals surface area contributed by atoms with E-state index in [1.807, 2.05) is 29.2 Å². The molecule has 174 valence electrons. The normalized spacial score (nSPS) is 16.5. The van der Waals surface area contributed by atoms with Crippen LogP contribution in [0.15, 0.2) is 59.1 Å². The highest BCUT2D eigenvalue weighted by molar-refractivity contribution is 5.85. The van der Waals surface area contributed by atoms with Crippen molar-refractivity contribution >= 4 is 5.91 Å². The van der Waals surface area contributed by atoms with Crippen molar-refractivity contribution in [3.63, 3.8) is 0 Å². The van der Waals surface area contributed by atoms with Crippen LogP contribution in [0.2, 0.25) is 0 Å². The molecule has 0 unspecified atom stereocenters. The number of oxazole rings is 1. The molecule has 1 atom stereocenters. The lowest BCUT2D eigenvalue weighted by atomic mass is 9.96. The number of carbonyl (C=O) groups excluding carboxylic acids is 1. The third kappa shape index (κ3) is 5.53. The lowest BCUT2D eigenvalue weighted by Gasteiger charge is -2.36. The van der Waals surface area contributed by atoms with Crippen LogP contribution in [0.25, 0.3) is 0 Å². The summed E-state index contributed by atoms with van der Waals surface area (Å²) in [5, 5.41) is 0. The standard InChI is InChI=1S/C26H29FN2O4/c1-26(2,33-22-12-8-20(27)9-13-22)25(30)29-14-4-5-19(17-29)24-28-16-23(32-24)15-18-6-10-21(31-3)11-7-18/h6-13,16,19H,4-5,14-15,17H2,1-3H3/t19-/m1/s1. The number of amides is 1. The van der Waals surface area contributed by atoms with Gasteiger partial charge in [-0.25, -0.2) is 9.37 Å². The molecule has 2 aromatic carbocycles. The van der Waals surface area contributed by atoms with Crippen LogP contribution in [-0.2, 0) is 11.2 Å². The summed E-state index contributed by atoms with van der Waals surface area (Å²) >= 11 is 0. The number of piperidine rings is 1. The predicted molar refractivity (Wildman–Crippen MR) is 122 cm³/mol. The van der Waals surface area contributed by atoms with Gasteiger partial charge in [0, 0.05) is 19.5 Å². The summed E-state index contributed by atoms with van der Waals surface area (Å²) in [7, 11) is 1.64. The molecule has 0 radical (unpaired) electrons. The molecule has 3 aromatic rings. The van der Waals surface area contributed by atoms with Crippen molar-refractivity contribution in [3.8, 4) is 11.5 Å². The van der Waals surface area contributed by atoms with Gasteiger partial charge in [-0.2, -0.15) is 0 Å². The van der Waals surface area contributed by atoms with Gasteiger partial charge >= 0.3 is 0 Å². The quantitative estimate of drug-likeness (QED) is 0.506. The van der Waals surface area contributed by atoms with Crippen LogP contribution in [0, 0.1) is 5.82 Å². The Morgan fingerprint density at radius 3 is 2.55 bits per heavy atom. The number of carbonyl (C=O) groups is 1. The summed E-state index contributed by atoms with van der Waals surface area (Å²) in [6, 6.07) is 13.6. The highest BCUT2D eigenvalue weighted by Gasteiger charge is 2.37. The molecule has 1 amide bonds. The molecule has 0 bridgehead atoms. The molecule has 6 nitrogen and oxygen atoms in total. The van der Waals surface area contributed by atoms with Crippen LogP contribution in [0.1, 0.15) is 49.8 Å². The molecule has 0 aliphatic carbocycles. The van der Waals surface area contributed by atoms with Gasteiger partial charge in [0.1, 0.15) is 23.1 Å². The Kier molecular flexibility index (Phi) is 6.67. The first-order valence-electron chi connectivity index (χ1n) is 11.2. The number of nitrogens with zero attached hydrogens (tertiary/aromatic N) is 2. The summed E-state index contributed by atoms with van der Waals surface area (Å²) in [5.41, 5.74) is 0.0363. The number of halogens is 1. The van der Waals surface area contributed by atoms with Gasteiger partial charge in [-0.3, -0.25) is 4.79 Å². The number of rotatable bonds is 7. The molecule has 1 aromatic heterocycles. The number of ether oxygens (including phenoxy) is 2. The molecule has 2 heterocycles. The SMILES string of the molecule is COc1ccc(Cc2cnc([C@@H]3CCCN(C(=O)C(C)(C)Oc4ccc(F)cc4)C3)o2)cc1. The van der Waals surface area contributed by atoms with Gasteiger partial charge in [0.05, 0.1) is 19.2 Å². The number of aromatic nitrogens is 1. The average molecular weight is 453 g/mol. The van der Waals surface area contributed by atoms with Crippen LogP contribution in [-0.4, -0.2) is 41.6 Å². The number of benzene rings is 2. The van der Waals surface area contributed by atoms with E-state index in [0.717, 1.165) is 29.9 Å². The van der Waals surface area contributed by atoms with Crippen LogP contribution in [0.4, 0.5) is 4.39 Å². The lowest BCUT2D eigenvalue weighted by Crippen LogP contribution is -2.51. The van der Waals surface area contributed by atoms with Crippen molar-refractivity contribution in [2.75, 3.05) is 20.2 Å². The topological polar surface area (TPSA) is 64.8 Å². The first-order chi connectivity index (χ1) is 15.8. The van der Waals surface area contributed by atoms with Crippen LogP contribution in [0.5, 0.6) is 11.5 Å². The maximum atomic E-state index is 13.2. The monoisotopic (exact) mass is 452 g/mol. The summed E-state index contributed by atoms with van der Waals surface area (Å²) in [6.07, 6.45) is 4.18. The molecule has 0 N–H and O–H groups in total. The van der Waals surface area contributed by atoms with Gasteiger partial charge in [0.2, 0.25) is 0 Å². The van der Waals surface area contributed by atoms with Gasteiger partial charge in [-0.15, -0.1) is 0 Å². The van der Waals surface area contributed by atoms with Crippen LogP contribution < -0.4 is 9.47 Å². The molecule has 1 saturated heterocycles. The van der Waals surface area contributed by atoms with Crippen LogP contribution in [0.3, 0.4) is 0 Å². The molecule has 1 fully saturated rings. The third-order valence-corrected chi connectivity index (χ3v) is 5.87. The predicted octanol–water partition coefficient (Wildman–Crippen LogP) is 4.98. The van der Waals surface area contributed by atoms with Gasteiger partial charge in [-0.05, 0) is 68.7 Å². The minimum Gasteiger partial charge on any atom is -0.497 e. The van der Waals surface area contributed by atoms with E-state index in [4.69, 9.17) is 13.9 Å². The average Bonchev–Trinajstić information content (AvgIpc) is 3.29. The smallest absolute Gasteiger partial charge is 0.266 e. The number of hydrogen-bond donors (Lipinski definition) is 0. The van der Waals surface area contributed by atoms with Crippen LogP contribution >= 0.6 is 0 Å². The summed E-state index contributed by atoms with van der Waals surface area (Å²) in [6.45, 7) is 4.66. The Morgan fingerprint density at radius 2 is 1.85 bits per heavy atom. The van der Waals surface area contributed by atoms with Crippen molar-refractivity contribution in [1.82, 2.24) is 9.88 Å². The summed E-state index contributed by atoms with van der Waals surface area (Å²) < 4.78 is 30.3. The van der Waals surface area contributed by atoms with E-state index in [2.05, 4.69) is 4.98 Å². The second kappa shape index (κ2) is 9.65. The maximum absolute atomic E-state index is 13.2. The first kappa shape index (κ1) is 22.8. The molecular formula is C26H29FN2O4. The molecule has 7 heteroatoms. The fourth-order valence-electron chi connectivity index (χ4n) is 4.12. The summed E-state index contributed by atoms with van der Waals surface area (Å²) in [5.74, 6) is 2.31. The second-order valence-corrected chi connectivity index (χ2v) is 8.85. The fraction of sp³-hybridized carbons (Fsp3) is 0.385. The zero-order valence-electron chi connectivity index (χ0n) is 19.2. The highest BCUT2D eigenvalue weighted by atomic mass is 19.1. The van der Waals surface area contributed by atoms with Crippen molar-refractivity contribution in [1.29, 1.82) is 0 Å². The van der Waals surface area contributed by atoms with Gasteiger partial charge < -0.3 is 18.8 Å². The number of hydrogen-bond acceptors (Lipinski definition) is 5. The summed E-state index contributed by atoms with van der Waals surface area (Å²) in [4.78, 5) is 19.5. The maximum Gasteiger partial charge on any atom is 0.266 e. The van der Waals surface area contributed by atoms with E-state index in [1.165, 1.54) is 24.3 Å². The fourth-order valence-corrected chi connectivity index (χ4v) is 4.12. The van der Waals surface area contributed by atoms with E-state index in [1.54, 1.807) is 27.2 Å². The highest BCUT2D eigenvalue weighted by Crippen LogP contribution is 2.30. The van der Waals surface area contributed by atoms with Crippen molar-refractivity contribution in [2.45, 2.75) is 44.6 Å². The largest absolute Gasteiger partial charge is 0.497 e. The Balaban J connectivity index is 1.39. The molecule has 33 heavy (non-hydrogen) atoms. The lowest BCUT2D eigenvalue weighted by molar-refractivity contribution is -0.146. The van der Waals surface area contributed by atoms with E-state index in [-0.39, 0.29) is 17.6 Å². The second-order valence-electron chi connectivity index (χ2n) is 8.85. The molecular weight excluding hydrogens is 423 g/mol. The van der Waals surface area contributed by atoms with Crippen molar-refractivity contribution < 1.29 is 23.1 Å². The first-order valence-corrected chi connectivity index (χ1v) is 11.2. The van der Waals surface area contributed by atoms with E-state index in [0.29, 0.717) is 31.2 Å². The molecule has 4 rings (SSSR count).